The van der Waals surface area contributed by atoms with Crippen LogP contribution in [-0.2, 0) is 14.3 Å². The lowest BCUT2D eigenvalue weighted by atomic mass is 9.79. The summed E-state index contributed by atoms with van der Waals surface area (Å²) in [7, 11) is 0. The standard InChI is InChI=1S/C16H21NO5/c1-2-22-16(21)14-12(11-6-4-3-5-7-11)10-13(19)17(8-9-18)15(14)20/h3-7,12-14,18-19H,2,8-10H2,1H3/t12-,13+,14-/m0/s1. The zero-order valence-electron chi connectivity index (χ0n) is 12.5. The average molecular weight is 307 g/mol. The normalized spacial score (nSPS) is 25.1. The van der Waals surface area contributed by atoms with Gasteiger partial charge in [0.1, 0.15) is 12.1 Å². The van der Waals surface area contributed by atoms with E-state index in [1.807, 2.05) is 30.3 Å². The summed E-state index contributed by atoms with van der Waals surface area (Å²) in [6.07, 6.45) is -0.783. The van der Waals surface area contributed by atoms with E-state index < -0.39 is 29.9 Å². The molecule has 120 valence electrons. The van der Waals surface area contributed by atoms with Crippen LogP contribution >= 0.6 is 0 Å². The van der Waals surface area contributed by atoms with Crippen molar-refractivity contribution in [3.8, 4) is 0 Å². The molecule has 0 aromatic heterocycles. The fourth-order valence-electron chi connectivity index (χ4n) is 2.88. The number of benzene rings is 1. The van der Waals surface area contributed by atoms with E-state index in [0.29, 0.717) is 0 Å². The van der Waals surface area contributed by atoms with Crippen LogP contribution in [0.15, 0.2) is 30.3 Å². The second kappa shape index (κ2) is 7.38. The molecule has 0 unspecified atom stereocenters. The number of piperidine rings is 1. The summed E-state index contributed by atoms with van der Waals surface area (Å²) in [5.74, 6) is -2.51. The summed E-state index contributed by atoms with van der Waals surface area (Å²) in [5.41, 5.74) is 0.816. The number of ether oxygens (including phenoxy) is 1. The summed E-state index contributed by atoms with van der Waals surface area (Å²) in [4.78, 5) is 26.0. The van der Waals surface area contributed by atoms with E-state index in [4.69, 9.17) is 9.84 Å². The summed E-state index contributed by atoms with van der Waals surface area (Å²) in [6.45, 7) is 1.60. The third kappa shape index (κ3) is 3.28. The van der Waals surface area contributed by atoms with Crippen molar-refractivity contribution in [1.29, 1.82) is 0 Å². The molecule has 22 heavy (non-hydrogen) atoms. The Kier molecular flexibility index (Phi) is 5.51. The summed E-state index contributed by atoms with van der Waals surface area (Å²) in [5, 5.41) is 19.2. The highest BCUT2D eigenvalue weighted by atomic mass is 16.5. The van der Waals surface area contributed by atoms with Crippen LogP contribution in [-0.4, -0.2) is 53.0 Å². The maximum absolute atomic E-state index is 12.6. The minimum absolute atomic E-state index is 0.00256. The highest BCUT2D eigenvalue weighted by Crippen LogP contribution is 2.36. The predicted octanol–water partition coefficient (Wildman–Crippen LogP) is 0.492. The molecular formula is C16H21NO5. The van der Waals surface area contributed by atoms with E-state index in [2.05, 4.69) is 0 Å². The molecular weight excluding hydrogens is 286 g/mol. The molecule has 6 heteroatoms. The molecule has 0 saturated carbocycles. The van der Waals surface area contributed by atoms with Crippen molar-refractivity contribution in [2.75, 3.05) is 19.8 Å². The Labute approximate surface area is 129 Å². The van der Waals surface area contributed by atoms with Crippen LogP contribution in [0.3, 0.4) is 0 Å². The van der Waals surface area contributed by atoms with Crippen LogP contribution in [0.1, 0.15) is 24.8 Å². The van der Waals surface area contributed by atoms with Gasteiger partial charge in [0.2, 0.25) is 5.91 Å². The molecule has 0 radical (unpaired) electrons. The molecule has 2 rings (SSSR count). The molecule has 0 bridgehead atoms. The van der Waals surface area contributed by atoms with Crippen molar-refractivity contribution in [3.05, 3.63) is 35.9 Å². The maximum atomic E-state index is 12.6. The topological polar surface area (TPSA) is 87.1 Å². The zero-order valence-corrected chi connectivity index (χ0v) is 12.5. The Morgan fingerprint density at radius 3 is 2.64 bits per heavy atom. The Hall–Kier alpha value is -1.92. The monoisotopic (exact) mass is 307 g/mol. The molecule has 1 amide bonds. The smallest absolute Gasteiger partial charge is 0.319 e. The second-order valence-electron chi connectivity index (χ2n) is 5.22. The first-order valence-electron chi connectivity index (χ1n) is 7.41. The van der Waals surface area contributed by atoms with E-state index in [1.165, 1.54) is 0 Å². The summed E-state index contributed by atoms with van der Waals surface area (Å²) >= 11 is 0. The van der Waals surface area contributed by atoms with Crippen molar-refractivity contribution in [2.45, 2.75) is 25.5 Å². The SMILES string of the molecule is CCOC(=O)[C@@H]1C(=O)N(CCO)[C@H](O)C[C@H]1c1ccccc1. The number of likely N-dealkylation sites (tertiary alicyclic amines) is 1. The quantitative estimate of drug-likeness (QED) is 0.611. The third-order valence-electron chi connectivity index (χ3n) is 3.89. The van der Waals surface area contributed by atoms with Gasteiger partial charge < -0.3 is 19.8 Å². The van der Waals surface area contributed by atoms with Gasteiger partial charge in [-0.15, -0.1) is 0 Å². The van der Waals surface area contributed by atoms with E-state index in [9.17, 15) is 14.7 Å². The maximum Gasteiger partial charge on any atom is 0.319 e. The molecule has 1 aromatic carbocycles. The minimum atomic E-state index is -1.02. The molecule has 6 nitrogen and oxygen atoms in total. The van der Waals surface area contributed by atoms with Crippen LogP contribution in [0.2, 0.25) is 0 Å². The first-order valence-corrected chi connectivity index (χ1v) is 7.41. The minimum Gasteiger partial charge on any atom is -0.465 e. The van der Waals surface area contributed by atoms with Crippen molar-refractivity contribution >= 4 is 11.9 Å². The van der Waals surface area contributed by atoms with Crippen LogP contribution < -0.4 is 0 Å². The first kappa shape index (κ1) is 16.5. The second-order valence-corrected chi connectivity index (χ2v) is 5.22. The molecule has 1 aliphatic rings. The summed E-state index contributed by atoms with van der Waals surface area (Å²) < 4.78 is 5.03. The number of amides is 1. The van der Waals surface area contributed by atoms with Gasteiger partial charge >= 0.3 is 5.97 Å². The van der Waals surface area contributed by atoms with Gasteiger partial charge in [0.05, 0.1) is 13.2 Å². The van der Waals surface area contributed by atoms with E-state index in [0.717, 1.165) is 10.5 Å². The van der Waals surface area contributed by atoms with E-state index in [1.54, 1.807) is 6.92 Å². The molecule has 1 heterocycles. The van der Waals surface area contributed by atoms with Crippen molar-refractivity contribution in [1.82, 2.24) is 4.90 Å². The summed E-state index contributed by atoms with van der Waals surface area (Å²) in [6, 6.07) is 9.17. The fraction of sp³-hybridized carbons (Fsp3) is 0.500. The Morgan fingerprint density at radius 1 is 1.36 bits per heavy atom. The Balaban J connectivity index is 2.34. The fourth-order valence-corrected chi connectivity index (χ4v) is 2.88. The van der Waals surface area contributed by atoms with Crippen molar-refractivity contribution in [2.24, 2.45) is 5.92 Å². The van der Waals surface area contributed by atoms with Crippen molar-refractivity contribution in [3.63, 3.8) is 0 Å². The Bertz CT molecular complexity index is 519. The number of aliphatic hydroxyl groups excluding tert-OH is 2. The van der Waals surface area contributed by atoms with Gasteiger partial charge in [0, 0.05) is 18.9 Å². The van der Waals surface area contributed by atoms with Crippen LogP contribution in [0, 0.1) is 5.92 Å². The van der Waals surface area contributed by atoms with Gasteiger partial charge in [-0.2, -0.15) is 0 Å². The number of hydrogen-bond donors (Lipinski definition) is 2. The van der Waals surface area contributed by atoms with E-state index in [-0.39, 0.29) is 26.2 Å². The number of nitrogens with zero attached hydrogens (tertiary/aromatic N) is 1. The molecule has 1 saturated heterocycles. The third-order valence-corrected chi connectivity index (χ3v) is 3.89. The highest BCUT2D eigenvalue weighted by Gasteiger charge is 2.46. The van der Waals surface area contributed by atoms with Crippen LogP contribution in [0.4, 0.5) is 0 Å². The highest BCUT2D eigenvalue weighted by molar-refractivity contribution is 5.99. The largest absolute Gasteiger partial charge is 0.465 e. The van der Waals surface area contributed by atoms with Gasteiger partial charge in [-0.05, 0) is 12.5 Å². The molecule has 2 N–H and O–H groups in total. The van der Waals surface area contributed by atoms with Crippen LogP contribution in [0.25, 0.3) is 0 Å². The molecule has 1 fully saturated rings. The average Bonchev–Trinajstić information content (AvgIpc) is 2.52. The van der Waals surface area contributed by atoms with Gasteiger partial charge in [0.15, 0.2) is 0 Å². The molecule has 0 spiro atoms. The number of β-amino-alcohol motifs (C(OH)–C–C–N with tert-alkyl or cyclic N) is 1. The van der Waals surface area contributed by atoms with Gasteiger partial charge in [0.25, 0.3) is 0 Å². The van der Waals surface area contributed by atoms with Gasteiger partial charge in [-0.1, -0.05) is 30.3 Å². The van der Waals surface area contributed by atoms with E-state index >= 15 is 0 Å². The first-order chi connectivity index (χ1) is 10.6. The van der Waals surface area contributed by atoms with Crippen molar-refractivity contribution < 1.29 is 24.5 Å². The zero-order chi connectivity index (χ0) is 16.1. The Morgan fingerprint density at radius 2 is 2.05 bits per heavy atom. The number of rotatable bonds is 5. The lowest BCUT2D eigenvalue weighted by Crippen LogP contribution is -2.54. The number of hydrogen-bond acceptors (Lipinski definition) is 5. The van der Waals surface area contributed by atoms with Gasteiger partial charge in [-0.3, -0.25) is 9.59 Å². The molecule has 1 aromatic rings. The number of aliphatic hydroxyl groups is 2. The lowest BCUT2D eigenvalue weighted by molar-refractivity contribution is -0.168. The van der Waals surface area contributed by atoms with Gasteiger partial charge in [-0.25, -0.2) is 0 Å². The molecule has 0 aliphatic carbocycles. The molecule has 1 aliphatic heterocycles. The number of carbonyl (C=O) groups excluding carboxylic acids is 2. The number of esters is 1. The number of carbonyl (C=O) groups is 2. The lowest BCUT2D eigenvalue weighted by Gasteiger charge is -2.40. The molecule has 3 atom stereocenters. The van der Waals surface area contributed by atoms with Crippen LogP contribution in [0.5, 0.6) is 0 Å². The predicted molar refractivity (Wildman–Crippen MR) is 78.7 cm³/mol.